The number of ether oxygens (including phenoxy) is 3. The molecule has 222 valence electrons. The van der Waals surface area contributed by atoms with E-state index in [1.165, 1.54) is 30.7 Å². The highest BCUT2D eigenvalue weighted by Gasteiger charge is 2.40. The van der Waals surface area contributed by atoms with Gasteiger partial charge in [0.25, 0.3) is 5.91 Å². The van der Waals surface area contributed by atoms with Gasteiger partial charge in [0.05, 0.1) is 37.3 Å². The maximum absolute atomic E-state index is 14.0. The molecule has 3 aromatic rings. The van der Waals surface area contributed by atoms with Gasteiger partial charge in [0.15, 0.2) is 17.6 Å². The number of piperidine rings is 1. The van der Waals surface area contributed by atoms with E-state index in [4.69, 9.17) is 14.2 Å². The van der Waals surface area contributed by atoms with Crippen LogP contribution in [-0.4, -0.2) is 71.0 Å². The van der Waals surface area contributed by atoms with Crippen LogP contribution in [0.3, 0.4) is 0 Å². The smallest absolute Gasteiger partial charge is 0.262 e. The lowest BCUT2D eigenvalue weighted by Gasteiger charge is -2.38. The molecule has 1 fully saturated rings. The Hall–Kier alpha value is -4.09. The molecule has 0 spiro atoms. The highest BCUT2D eigenvalue weighted by molar-refractivity contribution is 7.89. The average Bonchev–Trinajstić information content (AvgIpc) is 3.04. The van der Waals surface area contributed by atoms with Crippen molar-refractivity contribution in [3.8, 4) is 17.2 Å². The predicted molar refractivity (Wildman–Crippen MR) is 157 cm³/mol. The van der Waals surface area contributed by atoms with Crippen LogP contribution in [0.4, 0.5) is 5.69 Å². The van der Waals surface area contributed by atoms with E-state index in [9.17, 15) is 18.0 Å². The highest BCUT2D eigenvalue weighted by Crippen LogP contribution is 2.36. The molecule has 2 aliphatic rings. The van der Waals surface area contributed by atoms with Gasteiger partial charge in [-0.05, 0) is 49.1 Å². The summed E-state index contributed by atoms with van der Waals surface area (Å²) in [6.07, 6.45) is 0.836. The topological polar surface area (TPSA) is 114 Å². The molecular formula is C31H35N3O7S. The predicted octanol–water partition coefficient (Wildman–Crippen LogP) is 3.26. The summed E-state index contributed by atoms with van der Waals surface area (Å²) in [5.74, 6) is 0.0427. The number of hydrogen-bond acceptors (Lipinski definition) is 7. The summed E-state index contributed by atoms with van der Waals surface area (Å²) in [6.45, 7) is 0.797. The Morgan fingerprint density at radius 3 is 2.45 bits per heavy atom. The van der Waals surface area contributed by atoms with E-state index in [0.717, 1.165) is 5.56 Å². The van der Waals surface area contributed by atoms with Gasteiger partial charge < -0.3 is 24.4 Å². The summed E-state index contributed by atoms with van der Waals surface area (Å²) >= 11 is 0. The van der Waals surface area contributed by atoms with E-state index in [1.54, 1.807) is 35.2 Å². The SMILES string of the molecule is COc1ccc(S(=O)(=O)N2CCCC(C(=O)N3CC(C(=O)NCCc4ccccc4)Oc4ccccc43)C2)cc1OC. The van der Waals surface area contributed by atoms with Crippen molar-refractivity contribution in [3.05, 3.63) is 78.4 Å². The van der Waals surface area contributed by atoms with E-state index < -0.39 is 22.0 Å². The van der Waals surface area contributed by atoms with E-state index >= 15 is 0 Å². The molecule has 0 radical (unpaired) electrons. The molecule has 2 amide bonds. The third kappa shape index (κ3) is 6.22. The first-order valence-electron chi connectivity index (χ1n) is 13.9. The van der Waals surface area contributed by atoms with Crippen LogP contribution in [0.25, 0.3) is 0 Å². The van der Waals surface area contributed by atoms with Crippen LogP contribution >= 0.6 is 0 Å². The van der Waals surface area contributed by atoms with Crippen LogP contribution in [0.1, 0.15) is 18.4 Å². The number of hydrogen-bond donors (Lipinski definition) is 1. The fourth-order valence-corrected chi connectivity index (χ4v) is 6.92. The van der Waals surface area contributed by atoms with Crippen LogP contribution < -0.4 is 24.4 Å². The number of nitrogens with zero attached hydrogens (tertiary/aromatic N) is 2. The van der Waals surface area contributed by atoms with Crippen molar-refractivity contribution in [2.75, 3.05) is 45.3 Å². The van der Waals surface area contributed by atoms with Crippen molar-refractivity contribution in [2.45, 2.75) is 30.3 Å². The molecule has 2 heterocycles. The van der Waals surface area contributed by atoms with Gasteiger partial charge in [-0.25, -0.2) is 8.42 Å². The highest BCUT2D eigenvalue weighted by atomic mass is 32.2. The quantitative estimate of drug-likeness (QED) is 0.405. The number of fused-ring (bicyclic) bond motifs is 1. The zero-order valence-electron chi connectivity index (χ0n) is 23.7. The number of methoxy groups -OCH3 is 2. The fraction of sp³-hybridized carbons (Fsp3) is 0.355. The van der Waals surface area contributed by atoms with Gasteiger partial charge in [-0.15, -0.1) is 0 Å². The first-order valence-corrected chi connectivity index (χ1v) is 15.4. The van der Waals surface area contributed by atoms with Crippen LogP contribution in [0, 0.1) is 5.92 Å². The lowest BCUT2D eigenvalue weighted by molar-refractivity contribution is -0.129. The molecule has 2 atom stereocenters. The Morgan fingerprint density at radius 2 is 1.69 bits per heavy atom. The largest absolute Gasteiger partial charge is 0.493 e. The summed E-state index contributed by atoms with van der Waals surface area (Å²) in [6, 6.07) is 21.4. The lowest BCUT2D eigenvalue weighted by atomic mass is 9.97. The molecule has 42 heavy (non-hydrogen) atoms. The number of benzene rings is 3. The number of amides is 2. The first-order chi connectivity index (χ1) is 20.3. The van der Waals surface area contributed by atoms with E-state index in [2.05, 4.69) is 5.32 Å². The normalized spacial score (nSPS) is 18.9. The van der Waals surface area contributed by atoms with Gasteiger partial charge >= 0.3 is 0 Å². The number of nitrogens with one attached hydrogen (secondary N) is 1. The number of para-hydroxylation sites is 2. The molecule has 2 unspecified atom stereocenters. The number of anilines is 1. The molecule has 0 aliphatic carbocycles. The van der Waals surface area contributed by atoms with Crippen molar-refractivity contribution in [3.63, 3.8) is 0 Å². The van der Waals surface area contributed by atoms with E-state index in [1.807, 2.05) is 30.3 Å². The molecule has 3 aromatic carbocycles. The zero-order chi connectivity index (χ0) is 29.7. The number of rotatable bonds is 9. The van der Waals surface area contributed by atoms with Crippen molar-refractivity contribution < 1.29 is 32.2 Å². The van der Waals surface area contributed by atoms with Crippen molar-refractivity contribution >= 4 is 27.5 Å². The second-order valence-corrected chi connectivity index (χ2v) is 12.2. The Labute approximate surface area is 246 Å². The third-order valence-corrected chi connectivity index (χ3v) is 9.48. The van der Waals surface area contributed by atoms with Crippen LogP contribution in [0.5, 0.6) is 17.2 Å². The third-order valence-electron chi connectivity index (χ3n) is 7.61. The minimum atomic E-state index is -3.90. The second-order valence-electron chi connectivity index (χ2n) is 10.3. The number of carbonyl (C=O) groups excluding carboxylic acids is 2. The van der Waals surface area contributed by atoms with Gasteiger partial charge in [-0.1, -0.05) is 42.5 Å². The summed E-state index contributed by atoms with van der Waals surface area (Å²) in [4.78, 5) is 28.7. The van der Waals surface area contributed by atoms with Gasteiger partial charge in [0.2, 0.25) is 15.9 Å². The maximum atomic E-state index is 14.0. The minimum absolute atomic E-state index is 0.0307. The first kappa shape index (κ1) is 29.4. The molecule has 1 N–H and O–H groups in total. The van der Waals surface area contributed by atoms with Crippen molar-refractivity contribution in [1.82, 2.24) is 9.62 Å². The van der Waals surface area contributed by atoms with Crippen LogP contribution in [0.15, 0.2) is 77.7 Å². The van der Waals surface area contributed by atoms with Gasteiger partial charge in [-0.2, -0.15) is 4.31 Å². The standard InChI is InChI=1S/C31H35N3O7S/c1-39-27-15-14-24(19-28(27)40-2)42(37,38)33-18-8-11-23(20-33)31(36)34-21-29(41-26-13-7-6-12-25(26)34)30(35)32-17-16-22-9-4-3-5-10-22/h3-7,9-10,12-15,19,23,29H,8,11,16-18,20-21H2,1-2H3,(H,32,35). The van der Waals surface area contributed by atoms with E-state index in [0.29, 0.717) is 55.3 Å². The molecule has 10 nitrogen and oxygen atoms in total. The second kappa shape index (κ2) is 12.8. The molecular weight excluding hydrogens is 558 g/mol. The van der Waals surface area contributed by atoms with Gasteiger partial charge in [0, 0.05) is 25.7 Å². The molecule has 2 aliphatic heterocycles. The van der Waals surface area contributed by atoms with Crippen molar-refractivity contribution in [2.24, 2.45) is 5.92 Å². The van der Waals surface area contributed by atoms with Crippen molar-refractivity contribution in [1.29, 1.82) is 0 Å². The Balaban J connectivity index is 1.30. The summed E-state index contributed by atoms with van der Waals surface area (Å²) < 4.78 is 45.0. The van der Waals surface area contributed by atoms with E-state index in [-0.39, 0.29) is 29.8 Å². The Kier molecular flexibility index (Phi) is 8.98. The summed E-state index contributed by atoms with van der Waals surface area (Å²) in [5, 5.41) is 2.92. The summed E-state index contributed by atoms with van der Waals surface area (Å²) in [5.41, 5.74) is 1.67. The van der Waals surface area contributed by atoms with Gasteiger partial charge in [0.1, 0.15) is 5.75 Å². The lowest BCUT2D eigenvalue weighted by Crippen LogP contribution is -2.54. The number of carbonyl (C=O) groups is 2. The maximum Gasteiger partial charge on any atom is 0.262 e. The average molecular weight is 594 g/mol. The molecule has 5 rings (SSSR count). The minimum Gasteiger partial charge on any atom is -0.493 e. The molecule has 0 aromatic heterocycles. The fourth-order valence-electron chi connectivity index (χ4n) is 5.38. The molecule has 1 saturated heterocycles. The molecule has 11 heteroatoms. The molecule has 0 bridgehead atoms. The van der Waals surface area contributed by atoms with Gasteiger partial charge in [-0.3, -0.25) is 9.59 Å². The van der Waals surface area contributed by atoms with Crippen LogP contribution in [0.2, 0.25) is 0 Å². The Morgan fingerprint density at radius 1 is 0.952 bits per heavy atom. The zero-order valence-corrected chi connectivity index (χ0v) is 24.5. The number of sulfonamides is 1. The van der Waals surface area contributed by atoms with Crippen LogP contribution in [-0.2, 0) is 26.0 Å². The summed E-state index contributed by atoms with van der Waals surface area (Å²) in [7, 11) is -0.969. The molecule has 0 saturated carbocycles. The monoisotopic (exact) mass is 593 g/mol. The Bertz CT molecular complexity index is 1530.